The molecule has 6 nitrogen and oxygen atoms in total. The van der Waals surface area contributed by atoms with Gasteiger partial charge in [0, 0.05) is 11.3 Å². The Morgan fingerprint density at radius 1 is 1.38 bits per heavy atom. The summed E-state index contributed by atoms with van der Waals surface area (Å²) in [6, 6.07) is 0. The largest absolute Gasteiger partial charge is 0.337 e. The maximum Gasteiger partial charge on any atom is 0.262 e. The van der Waals surface area contributed by atoms with Gasteiger partial charge in [0.05, 0.1) is 11.7 Å². The highest BCUT2D eigenvalue weighted by atomic mass is 32.1. The van der Waals surface area contributed by atoms with Crippen LogP contribution in [-0.2, 0) is 13.0 Å². The zero-order valence-corrected chi connectivity index (χ0v) is 13.0. The standard InChI is InChI=1S/C14H16N4O2S/c1-4-5-10-16-11(20-17-10)6-18-7-15-13-12(14(18)19)8(2)9(3)21-13/h7H,4-6H2,1-3H3. The number of hydrogen-bond donors (Lipinski definition) is 0. The quantitative estimate of drug-likeness (QED) is 0.740. The van der Waals surface area contributed by atoms with Crippen molar-refractivity contribution >= 4 is 21.6 Å². The minimum Gasteiger partial charge on any atom is -0.337 e. The summed E-state index contributed by atoms with van der Waals surface area (Å²) >= 11 is 1.54. The Morgan fingerprint density at radius 2 is 2.19 bits per heavy atom. The van der Waals surface area contributed by atoms with E-state index in [2.05, 4.69) is 22.0 Å². The number of nitrogens with zero attached hydrogens (tertiary/aromatic N) is 4. The molecule has 3 aromatic rings. The van der Waals surface area contributed by atoms with Crippen LogP contribution in [0.3, 0.4) is 0 Å². The first kappa shape index (κ1) is 13.9. The fourth-order valence-electron chi connectivity index (χ4n) is 2.21. The molecule has 3 rings (SSSR count). The average Bonchev–Trinajstić information content (AvgIpc) is 3.00. The summed E-state index contributed by atoms with van der Waals surface area (Å²) in [6.45, 7) is 6.26. The molecule has 110 valence electrons. The van der Waals surface area contributed by atoms with Crippen LogP contribution in [0.4, 0.5) is 0 Å². The molecule has 0 N–H and O–H groups in total. The van der Waals surface area contributed by atoms with Gasteiger partial charge in [-0.3, -0.25) is 9.36 Å². The van der Waals surface area contributed by atoms with Crippen molar-refractivity contribution in [1.82, 2.24) is 19.7 Å². The van der Waals surface area contributed by atoms with Crippen molar-refractivity contribution in [3.8, 4) is 0 Å². The Labute approximate surface area is 125 Å². The molecule has 7 heteroatoms. The van der Waals surface area contributed by atoms with Gasteiger partial charge in [0.1, 0.15) is 11.4 Å². The summed E-state index contributed by atoms with van der Waals surface area (Å²) < 4.78 is 6.70. The molecule has 0 aliphatic heterocycles. The van der Waals surface area contributed by atoms with Crippen LogP contribution < -0.4 is 5.56 Å². The van der Waals surface area contributed by atoms with Gasteiger partial charge in [0.2, 0.25) is 5.89 Å². The van der Waals surface area contributed by atoms with Crippen LogP contribution in [0.2, 0.25) is 0 Å². The van der Waals surface area contributed by atoms with E-state index in [1.54, 1.807) is 17.7 Å². The molecule has 0 aliphatic rings. The topological polar surface area (TPSA) is 73.8 Å². The lowest BCUT2D eigenvalue weighted by Gasteiger charge is -2.01. The lowest BCUT2D eigenvalue weighted by Crippen LogP contribution is -2.21. The molecule has 0 saturated heterocycles. The Kier molecular flexibility index (Phi) is 3.59. The van der Waals surface area contributed by atoms with E-state index in [0.717, 1.165) is 28.1 Å². The first-order valence-corrected chi connectivity index (χ1v) is 7.68. The van der Waals surface area contributed by atoms with Crippen molar-refractivity contribution in [2.45, 2.75) is 40.2 Å². The molecule has 0 aliphatic carbocycles. The van der Waals surface area contributed by atoms with Crippen LogP contribution in [0.15, 0.2) is 15.6 Å². The van der Waals surface area contributed by atoms with E-state index < -0.39 is 0 Å². The van der Waals surface area contributed by atoms with Gasteiger partial charge in [0.15, 0.2) is 5.82 Å². The number of aromatic nitrogens is 4. The maximum absolute atomic E-state index is 12.5. The van der Waals surface area contributed by atoms with Crippen molar-refractivity contribution < 1.29 is 4.52 Å². The first-order chi connectivity index (χ1) is 10.1. The zero-order valence-electron chi connectivity index (χ0n) is 12.2. The second kappa shape index (κ2) is 5.40. The third kappa shape index (κ3) is 2.49. The Morgan fingerprint density at radius 3 is 2.95 bits per heavy atom. The van der Waals surface area contributed by atoms with Gasteiger partial charge in [-0.05, 0) is 25.8 Å². The van der Waals surface area contributed by atoms with Crippen molar-refractivity contribution in [3.63, 3.8) is 0 Å². The molecule has 3 heterocycles. The summed E-state index contributed by atoms with van der Waals surface area (Å²) in [6.07, 6.45) is 3.28. The third-order valence-corrected chi connectivity index (χ3v) is 4.56. The van der Waals surface area contributed by atoms with Crippen LogP contribution in [0.5, 0.6) is 0 Å². The molecule has 0 atom stereocenters. The van der Waals surface area contributed by atoms with Crippen LogP contribution in [0.25, 0.3) is 10.2 Å². The lowest BCUT2D eigenvalue weighted by molar-refractivity contribution is 0.364. The Bertz CT molecular complexity index is 846. The fraction of sp³-hybridized carbons (Fsp3) is 0.429. The Balaban J connectivity index is 1.98. The molecular weight excluding hydrogens is 288 g/mol. The molecule has 21 heavy (non-hydrogen) atoms. The molecule has 0 radical (unpaired) electrons. The summed E-state index contributed by atoms with van der Waals surface area (Å²) in [7, 11) is 0. The molecule has 0 spiro atoms. The van der Waals surface area contributed by atoms with E-state index in [-0.39, 0.29) is 12.1 Å². The number of hydrogen-bond acceptors (Lipinski definition) is 6. The zero-order chi connectivity index (χ0) is 15.0. The van der Waals surface area contributed by atoms with E-state index in [9.17, 15) is 4.79 Å². The molecular formula is C14H16N4O2S. The molecule has 3 aromatic heterocycles. The van der Waals surface area contributed by atoms with Gasteiger partial charge >= 0.3 is 0 Å². The van der Waals surface area contributed by atoms with E-state index in [1.165, 1.54) is 4.57 Å². The second-order valence-electron chi connectivity index (χ2n) is 5.00. The van der Waals surface area contributed by atoms with Gasteiger partial charge in [0.25, 0.3) is 5.56 Å². The van der Waals surface area contributed by atoms with E-state index in [4.69, 9.17) is 4.52 Å². The predicted octanol–water partition coefficient (Wildman–Crippen LogP) is 2.46. The lowest BCUT2D eigenvalue weighted by atomic mass is 10.2. The van der Waals surface area contributed by atoms with Crippen LogP contribution in [-0.4, -0.2) is 19.7 Å². The summed E-state index contributed by atoms with van der Waals surface area (Å²) in [5.74, 6) is 1.11. The number of fused-ring (bicyclic) bond motifs is 1. The van der Waals surface area contributed by atoms with Gasteiger partial charge in [-0.2, -0.15) is 4.98 Å². The number of thiophene rings is 1. The van der Waals surface area contributed by atoms with Crippen LogP contribution in [0, 0.1) is 13.8 Å². The highest BCUT2D eigenvalue weighted by Crippen LogP contribution is 2.25. The predicted molar refractivity (Wildman–Crippen MR) is 80.7 cm³/mol. The molecule has 0 unspecified atom stereocenters. The summed E-state index contributed by atoms with van der Waals surface area (Å²) in [4.78, 5) is 23.1. The van der Waals surface area contributed by atoms with E-state index >= 15 is 0 Å². The monoisotopic (exact) mass is 304 g/mol. The minimum absolute atomic E-state index is 0.0582. The van der Waals surface area contributed by atoms with Crippen molar-refractivity contribution in [2.24, 2.45) is 0 Å². The highest BCUT2D eigenvalue weighted by Gasteiger charge is 2.14. The molecule has 0 bridgehead atoms. The number of rotatable bonds is 4. The van der Waals surface area contributed by atoms with Gasteiger partial charge in [-0.25, -0.2) is 4.98 Å². The Hall–Kier alpha value is -2.02. The SMILES string of the molecule is CCCc1noc(Cn2cnc3sc(C)c(C)c3c2=O)n1. The normalized spacial score (nSPS) is 11.4. The van der Waals surface area contributed by atoms with Crippen LogP contribution in [0.1, 0.15) is 35.5 Å². The number of aryl methyl sites for hydroxylation is 3. The molecule has 0 amide bonds. The maximum atomic E-state index is 12.5. The average molecular weight is 304 g/mol. The van der Waals surface area contributed by atoms with Gasteiger partial charge in [-0.15, -0.1) is 11.3 Å². The van der Waals surface area contributed by atoms with Gasteiger partial charge in [-0.1, -0.05) is 12.1 Å². The van der Waals surface area contributed by atoms with Crippen molar-refractivity contribution in [1.29, 1.82) is 0 Å². The highest BCUT2D eigenvalue weighted by molar-refractivity contribution is 7.18. The third-order valence-electron chi connectivity index (χ3n) is 3.45. The van der Waals surface area contributed by atoms with E-state index in [1.807, 2.05) is 13.8 Å². The summed E-state index contributed by atoms with van der Waals surface area (Å²) in [5, 5.41) is 4.58. The second-order valence-corrected chi connectivity index (χ2v) is 6.20. The molecule has 0 saturated carbocycles. The minimum atomic E-state index is -0.0582. The van der Waals surface area contributed by atoms with E-state index in [0.29, 0.717) is 17.1 Å². The van der Waals surface area contributed by atoms with Crippen molar-refractivity contribution in [3.05, 3.63) is 38.8 Å². The molecule has 0 fully saturated rings. The van der Waals surface area contributed by atoms with Gasteiger partial charge < -0.3 is 4.52 Å². The first-order valence-electron chi connectivity index (χ1n) is 6.86. The smallest absolute Gasteiger partial charge is 0.262 e. The molecule has 0 aromatic carbocycles. The van der Waals surface area contributed by atoms with Crippen molar-refractivity contribution in [2.75, 3.05) is 0 Å². The van der Waals surface area contributed by atoms with Crippen LogP contribution >= 0.6 is 11.3 Å². The summed E-state index contributed by atoms with van der Waals surface area (Å²) in [5.41, 5.74) is 0.941. The fourth-order valence-corrected chi connectivity index (χ4v) is 3.20.